The summed E-state index contributed by atoms with van der Waals surface area (Å²) >= 11 is 0. The van der Waals surface area contributed by atoms with E-state index in [9.17, 15) is 0 Å². The van der Waals surface area contributed by atoms with Crippen LogP contribution in [0.2, 0.25) is 0 Å². The summed E-state index contributed by atoms with van der Waals surface area (Å²) in [6.45, 7) is 0. The molecule has 0 amide bonds. The molecule has 2 aliphatic rings. The Balaban J connectivity index is 1.50. The highest BCUT2D eigenvalue weighted by Crippen LogP contribution is 2.52. The monoisotopic (exact) mass is 532 g/mol. The molecule has 0 atom stereocenters. The lowest BCUT2D eigenvalue weighted by Crippen LogP contribution is -2.28. The molecule has 0 aromatic heterocycles. The van der Waals surface area contributed by atoms with Gasteiger partial charge in [0, 0.05) is 15.9 Å². The van der Waals surface area contributed by atoms with E-state index < -0.39 is 7.14 Å². The van der Waals surface area contributed by atoms with Gasteiger partial charge in [-0.3, -0.25) is 0 Å². The highest BCUT2D eigenvalue weighted by atomic mass is 31.2. The molecule has 0 fully saturated rings. The van der Waals surface area contributed by atoms with Crippen LogP contribution in [0, 0.1) is 0 Å². The standard InChI is InChI=1S/C38H29OP/c39-40(31-12-3-1-4-13-31,32-14-5-2-6-15-32)34-17-9-11-27-20-22-30-25-24-29-23-21-28-19-18-26-10-7-8-16-33(26)35(28)37(29)38(30)36(27)34/h1-19,24-25H,20-23H2. The van der Waals surface area contributed by atoms with E-state index in [1.165, 1.54) is 55.3 Å². The zero-order valence-electron chi connectivity index (χ0n) is 22.3. The zero-order valence-corrected chi connectivity index (χ0v) is 23.2. The van der Waals surface area contributed by atoms with Crippen molar-refractivity contribution < 1.29 is 4.57 Å². The highest BCUT2D eigenvalue weighted by molar-refractivity contribution is 7.85. The van der Waals surface area contributed by atoms with Gasteiger partial charge in [-0.1, -0.05) is 127 Å². The smallest absolute Gasteiger partial charge is 0.171 e. The van der Waals surface area contributed by atoms with Crippen LogP contribution in [0.1, 0.15) is 22.3 Å². The molecule has 0 aliphatic heterocycles. The Morgan fingerprint density at radius 2 is 0.900 bits per heavy atom. The molecule has 2 heteroatoms. The van der Waals surface area contributed by atoms with Gasteiger partial charge in [-0.05, 0) is 81.0 Å². The molecule has 0 radical (unpaired) electrons. The summed E-state index contributed by atoms with van der Waals surface area (Å²) in [4.78, 5) is 0. The number of aryl methyl sites for hydroxylation is 4. The molecule has 6 aromatic carbocycles. The molecule has 0 unspecified atom stereocenters. The third-order valence-electron chi connectivity index (χ3n) is 8.93. The first kappa shape index (κ1) is 23.7. The molecule has 192 valence electrons. The van der Waals surface area contributed by atoms with Gasteiger partial charge >= 0.3 is 0 Å². The maximum absolute atomic E-state index is 15.7. The molecule has 0 heterocycles. The third-order valence-corrected chi connectivity index (χ3v) is 12.0. The molecule has 0 saturated carbocycles. The lowest BCUT2D eigenvalue weighted by Gasteiger charge is -2.32. The lowest BCUT2D eigenvalue weighted by atomic mass is 9.74. The molecule has 0 saturated heterocycles. The minimum Gasteiger partial charge on any atom is -0.309 e. The normalized spacial score (nSPS) is 13.7. The Hall–Kier alpha value is -4.19. The number of fused-ring (bicyclic) bond motifs is 9. The largest absolute Gasteiger partial charge is 0.309 e. The van der Waals surface area contributed by atoms with Gasteiger partial charge in [0.25, 0.3) is 0 Å². The second-order valence-corrected chi connectivity index (χ2v) is 13.8. The first-order valence-corrected chi connectivity index (χ1v) is 15.9. The van der Waals surface area contributed by atoms with Crippen molar-refractivity contribution in [1.82, 2.24) is 0 Å². The van der Waals surface area contributed by atoms with Gasteiger partial charge in [0.1, 0.15) is 0 Å². The van der Waals surface area contributed by atoms with Gasteiger partial charge in [-0.25, -0.2) is 0 Å². The van der Waals surface area contributed by atoms with Gasteiger partial charge in [-0.15, -0.1) is 0 Å². The fourth-order valence-corrected chi connectivity index (χ4v) is 9.99. The Bertz CT molecular complexity index is 1930. The number of hydrogen-bond donors (Lipinski definition) is 0. The van der Waals surface area contributed by atoms with Gasteiger partial charge in [0.05, 0.1) is 0 Å². The summed E-state index contributed by atoms with van der Waals surface area (Å²) in [5.41, 5.74) is 10.7. The second kappa shape index (κ2) is 9.19. The van der Waals surface area contributed by atoms with Crippen molar-refractivity contribution in [3.8, 4) is 22.3 Å². The van der Waals surface area contributed by atoms with E-state index >= 15 is 4.57 Å². The molecule has 6 aromatic rings. The molecule has 0 spiro atoms. The Labute approximate surface area is 235 Å². The maximum Gasteiger partial charge on any atom is 0.171 e. The van der Waals surface area contributed by atoms with E-state index in [1.807, 2.05) is 60.7 Å². The van der Waals surface area contributed by atoms with Crippen LogP contribution in [0.4, 0.5) is 0 Å². The fraction of sp³-hybridized carbons (Fsp3) is 0.105. The van der Waals surface area contributed by atoms with Crippen molar-refractivity contribution in [3.63, 3.8) is 0 Å². The summed E-state index contributed by atoms with van der Waals surface area (Å²) in [5, 5.41) is 5.32. The highest BCUT2D eigenvalue weighted by Gasteiger charge is 2.36. The minimum absolute atomic E-state index is 0.886. The van der Waals surface area contributed by atoms with E-state index in [-0.39, 0.29) is 0 Å². The minimum atomic E-state index is -3.16. The zero-order chi connectivity index (χ0) is 26.7. The van der Waals surface area contributed by atoms with Gasteiger partial charge in [0.15, 0.2) is 7.14 Å². The molecule has 40 heavy (non-hydrogen) atoms. The first-order valence-electron chi connectivity index (χ1n) is 14.2. The summed E-state index contributed by atoms with van der Waals surface area (Å²) in [6.07, 6.45) is 4.04. The predicted molar refractivity (Wildman–Crippen MR) is 169 cm³/mol. The van der Waals surface area contributed by atoms with Crippen molar-refractivity contribution >= 4 is 33.8 Å². The van der Waals surface area contributed by atoms with E-state index in [2.05, 4.69) is 66.7 Å². The molecule has 1 nitrogen and oxygen atoms in total. The van der Waals surface area contributed by atoms with Crippen LogP contribution >= 0.6 is 7.14 Å². The summed E-state index contributed by atoms with van der Waals surface area (Å²) in [6, 6.07) is 44.8. The van der Waals surface area contributed by atoms with Crippen molar-refractivity contribution in [3.05, 3.63) is 150 Å². The van der Waals surface area contributed by atoms with Crippen LogP contribution in [-0.2, 0) is 30.2 Å². The SMILES string of the molecule is O=P(c1ccccc1)(c1ccccc1)c1cccc2c1-c1c(ccc3c1-c1c(ccc4ccccc14)CC3)CC2. The van der Waals surface area contributed by atoms with Crippen LogP contribution in [0.5, 0.6) is 0 Å². The van der Waals surface area contributed by atoms with E-state index in [0.29, 0.717) is 0 Å². The average molecular weight is 533 g/mol. The number of benzene rings is 6. The Kier molecular flexibility index (Phi) is 5.44. The summed E-state index contributed by atoms with van der Waals surface area (Å²) in [5.74, 6) is 0. The van der Waals surface area contributed by atoms with Crippen LogP contribution in [-0.4, -0.2) is 0 Å². The Morgan fingerprint density at radius 1 is 0.400 bits per heavy atom. The average Bonchev–Trinajstić information content (AvgIpc) is 3.04. The van der Waals surface area contributed by atoms with Crippen molar-refractivity contribution in [2.45, 2.75) is 25.7 Å². The van der Waals surface area contributed by atoms with Crippen LogP contribution in [0.15, 0.2) is 127 Å². The number of rotatable bonds is 3. The molecule has 0 bridgehead atoms. The van der Waals surface area contributed by atoms with Crippen LogP contribution in [0.25, 0.3) is 33.0 Å². The van der Waals surface area contributed by atoms with Crippen molar-refractivity contribution in [2.75, 3.05) is 0 Å². The fourth-order valence-electron chi connectivity index (χ4n) is 7.08. The van der Waals surface area contributed by atoms with Gasteiger partial charge < -0.3 is 4.57 Å². The summed E-state index contributed by atoms with van der Waals surface area (Å²) < 4.78 is 15.7. The van der Waals surface area contributed by atoms with Crippen molar-refractivity contribution in [1.29, 1.82) is 0 Å². The van der Waals surface area contributed by atoms with E-state index in [1.54, 1.807) is 0 Å². The number of hydrogen-bond acceptors (Lipinski definition) is 1. The topological polar surface area (TPSA) is 17.1 Å². The molecular weight excluding hydrogens is 503 g/mol. The molecule has 2 aliphatic carbocycles. The molecular formula is C38H29OP. The van der Waals surface area contributed by atoms with Crippen molar-refractivity contribution in [2.24, 2.45) is 0 Å². The first-order chi connectivity index (χ1) is 19.7. The van der Waals surface area contributed by atoms with Gasteiger partial charge in [-0.2, -0.15) is 0 Å². The summed E-state index contributed by atoms with van der Waals surface area (Å²) in [7, 11) is -3.16. The third kappa shape index (κ3) is 3.44. The maximum atomic E-state index is 15.7. The van der Waals surface area contributed by atoms with Crippen LogP contribution < -0.4 is 15.9 Å². The molecule has 0 N–H and O–H groups in total. The predicted octanol–water partition coefficient (Wildman–Crippen LogP) is 8.01. The van der Waals surface area contributed by atoms with E-state index in [4.69, 9.17) is 0 Å². The second-order valence-electron chi connectivity index (χ2n) is 11.0. The molecule has 8 rings (SSSR count). The van der Waals surface area contributed by atoms with Gasteiger partial charge in [0.2, 0.25) is 0 Å². The Morgan fingerprint density at radius 3 is 1.55 bits per heavy atom. The van der Waals surface area contributed by atoms with E-state index in [0.717, 1.165) is 41.6 Å². The lowest BCUT2D eigenvalue weighted by molar-refractivity contribution is 0.592. The van der Waals surface area contributed by atoms with Crippen LogP contribution in [0.3, 0.4) is 0 Å². The quantitative estimate of drug-likeness (QED) is 0.211.